The van der Waals surface area contributed by atoms with Gasteiger partial charge in [-0.1, -0.05) is 38.4 Å². The van der Waals surface area contributed by atoms with Gasteiger partial charge in [-0.3, -0.25) is 0 Å². The van der Waals surface area contributed by atoms with Crippen molar-refractivity contribution in [2.75, 3.05) is 7.11 Å². The number of rotatable bonds is 4. The predicted molar refractivity (Wildman–Crippen MR) is 79.9 cm³/mol. The molecule has 0 unspecified atom stereocenters. The van der Waals surface area contributed by atoms with Crippen LogP contribution in [-0.4, -0.2) is 15.2 Å². The molecular weight excluding hydrogens is 240 g/mol. The molecule has 2 rings (SSSR count). The van der Waals surface area contributed by atoms with Gasteiger partial charge in [-0.05, 0) is 18.2 Å². The van der Waals surface area contributed by atoms with Crippen molar-refractivity contribution in [2.45, 2.75) is 25.7 Å². The Balaban J connectivity index is 2.67. The summed E-state index contributed by atoms with van der Waals surface area (Å²) in [5, 5.41) is 1.16. The molecule has 0 saturated carbocycles. The summed E-state index contributed by atoms with van der Waals surface area (Å²) in [6.07, 6.45) is 1.80. The highest BCUT2D eigenvalue weighted by molar-refractivity contribution is 6.75. The molecule has 0 N–H and O–H groups in total. The fraction of sp³-hybridized carbons (Fsp3) is 0.333. The Labute approximate surface area is 109 Å². The number of furan rings is 1. The molecule has 0 saturated heterocycles. The van der Waals surface area contributed by atoms with Crippen LogP contribution in [0.1, 0.15) is 11.3 Å². The lowest BCUT2D eigenvalue weighted by atomic mass is 10.1. The Morgan fingerprint density at radius 1 is 1.33 bits per heavy atom. The zero-order valence-corrected chi connectivity index (χ0v) is 12.5. The van der Waals surface area contributed by atoms with Crippen molar-refractivity contribution in [3.8, 4) is 5.75 Å². The van der Waals surface area contributed by atoms with E-state index in [-0.39, 0.29) is 0 Å². The van der Waals surface area contributed by atoms with Gasteiger partial charge in [0.25, 0.3) is 0 Å². The lowest BCUT2D eigenvalue weighted by Crippen LogP contribution is -2.24. The van der Waals surface area contributed by atoms with Crippen LogP contribution in [-0.2, 0) is 6.04 Å². The van der Waals surface area contributed by atoms with Gasteiger partial charge < -0.3 is 9.15 Å². The molecule has 0 aliphatic heterocycles. The van der Waals surface area contributed by atoms with Crippen LogP contribution >= 0.6 is 0 Å². The second-order valence-corrected chi connectivity index (χ2v) is 11.2. The number of hydrogen-bond acceptors (Lipinski definition) is 2. The van der Waals surface area contributed by atoms with Crippen molar-refractivity contribution in [1.29, 1.82) is 0 Å². The summed E-state index contributed by atoms with van der Waals surface area (Å²) in [5.41, 5.74) is 2.11. The van der Waals surface area contributed by atoms with Gasteiger partial charge in [0.15, 0.2) is 11.3 Å². The molecule has 0 amide bonds. The van der Waals surface area contributed by atoms with Crippen LogP contribution in [0.2, 0.25) is 19.6 Å². The van der Waals surface area contributed by atoms with Gasteiger partial charge in [-0.25, -0.2) is 0 Å². The molecule has 2 nitrogen and oxygen atoms in total. The van der Waals surface area contributed by atoms with E-state index in [1.54, 1.807) is 13.2 Å². The van der Waals surface area contributed by atoms with Crippen LogP contribution in [0, 0.1) is 0 Å². The zero-order valence-electron chi connectivity index (χ0n) is 11.5. The van der Waals surface area contributed by atoms with E-state index >= 15 is 0 Å². The SMILES string of the molecule is C=Cc1oc2c(OC)cccc2c1C[Si](C)(C)C. The smallest absolute Gasteiger partial charge is 0.176 e. The summed E-state index contributed by atoms with van der Waals surface area (Å²) in [5.74, 6) is 1.68. The highest BCUT2D eigenvalue weighted by Crippen LogP contribution is 2.34. The van der Waals surface area contributed by atoms with Crippen molar-refractivity contribution >= 4 is 25.1 Å². The summed E-state index contributed by atoms with van der Waals surface area (Å²) in [7, 11) is 0.467. The largest absolute Gasteiger partial charge is 0.493 e. The van der Waals surface area contributed by atoms with Crippen LogP contribution in [0.25, 0.3) is 17.0 Å². The molecule has 2 aromatic rings. The van der Waals surface area contributed by atoms with Crippen molar-refractivity contribution in [1.82, 2.24) is 0 Å². The van der Waals surface area contributed by atoms with Crippen LogP contribution < -0.4 is 4.74 Å². The van der Waals surface area contributed by atoms with E-state index in [1.807, 2.05) is 12.1 Å². The van der Waals surface area contributed by atoms with Gasteiger partial charge >= 0.3 is 0 Å². The number of para-hydroxylation sites is 1. The molecule has 18 heavy (non-hydrogen) atoms. The number of methoxy groups -OCH3 is 1. The quantitative estimate of drug-likeness (QED) is 0.755. The van der Waals surface area contributed by atoms with E-state index in [9.17, 15) is 0 Å². The maximum absolute atomic E-state index is 5.90. The highest BCUT2D eigenvalue weighted by atomic mass is 28.3. The maximum atomic E-state index is 5.90. The summed E-state index contributed by atoms with van der Waals surface area (Å²) >= 11 is 0. The molecule has 0 radical (unpaired) electrons. The zero-order chi connectivity index (χ0) is 13.3. The molecule has 96 valence electrons. The molecule has 0 bridgehead atoms. The van der Waals surface area contributed by atoms with E-state index in [2.05, 4.69) is 32.3 Å². The second-order valence-electron chi connectivity index (χ2n) is 5.72. The summed E-state index contributed by atoms with van der Waals surface area (Å²) in [6.45, 7) is 10.9. The van der Waals surface area contributed by atoms with Gasteiger partial charge in [0.05, 0.1) is 7.11 Å². The Bertz CT molecular complexity index is 576. The average Bonchev–Trinajstić information content (AvgIpc) is 2.65. The molecule has 3 heteroatoms. The van der Waals surface area contributed by atoms with Gasteiger partial charge in [0.2, 0.25) is 0 Å². The second kappa shape index (κ2) is 4.65. The summed E-state index contributed by atoms with van der Waals surface area (Å²) < 4.78 is 11.2. The Kier molecular flexibility index (Phi) is 3.35. The van der Waals surface area contributed by atoms with Crippen molar-refractivity contribution in [3.63, 3.8) is 0 Å². The van der Waals surface area contributed by atoms with E-state index in [1.165, 1.54) is 5.56 Å². The Morgan fingerprint density at radius 2 is 2.06 bits per heavy atom. The van der Waals surface area contributed by atoms with Crippen molar-refractivity contribution in [2.24, 2.45) is 0 Å². The number of benzene rings is 1. The summed E-state index contributed by atoms with van der Waals surface area (Å²) in [6, 6.07) is 7.13. The third-order valence-corrected chi connectivity index (χ3v) is 4.34. The lowest BCUT2D eigenvalue weighted by Gasteiger charge is -2.15. The third kappa shape index (κ3) is 2.36. The van der Waals surface area contributed by atoms with Crippen LogP contribution in [0.5, 0.6) is 5.75 Å². The van der Waals surface area contributed by atoms with Crippen molar-refractivity contribution < 1.29 is 9.15 Å². The monoisotopic (exact) mass is 260 g/mol. The van der Waals surface area contributed by atoms with Crippen LogP contribution in [0.3, 0.4) is 0 Å². The molecule has 0 fully saturated rings. The number of hydrogen-bond donors (Lipinski definition) is 0. The fourth-order valence-electron chi connectivity index (χ4n) is 2.20. The minimum absolute atomic E-state index is 0.789. The molecule has 1 aromatic carbocycles. The van der Waals surface area contributed by atoms with E-state index in [0.717, 1.165) is 28.5 Å². The molecule has 0 aliphatic rings. The van der Waals surface area contributed by atoms with Crippen LogP contribution in [0.15, 0.2) is 29.2 Å². The molecule has 0 atom stereocenters. The molecule has 0 spiro atoms. The first-order chi connectivity index (χ1) is 8.46. The Hall–Kier alpha value is -1.48. The maximum Gasteiger partial charge on any atom is 0.176 e. The fourth-order valence-corrected chi connectivity index (χ4v) is 3.63. The normalized spacial score (nSPS) is 11.8. The first-order valence-electron chi connectivity index (χ1n) is 6.17. The van der Waals surface area contributed by atoms with E-state index < -0.39 is 8.07 Å². The first-order valence-corrected chi connectivity index (χ1v) is 9.88. The summed E-state index contributed by atoms with van der Waals surface area (Å²) in [4.78, 5) is 0. The predicted octanol–water partition coefficient (Wildman–Crippen LogP) is 4.50. The molecule has 1 heterocycles. The molecule has 0 aliphatic carbocycles. The average molecular weight is 260 g/mol. The molecular formula is C15H20O2Si. The topological polar surface area (TPSA) is 22.4 Å². The third-order valence-electron chi connectivity index (χ3n) is 2.93. The van der Waals surface area contributed by atoms with Gasteiger partial charge in [-0.15, -0.1) is 0 Å². The minimum Gasteiger partial charge on any atom is -0.493 e. The molecule has 1 aromatic heterocycles. The Morgan fingerprint density at radius 3 is 2.61 bits per heavy atom. The number of fused-ring (bicyclic) bond motifs is 1. The highest BCUT2D eigenvalue weighted by Gasteiger charge is 2.21. The first kappa shape index (κ1) is 13.0. The van der Waals surface area contributed by atoms with Gasteiger partial charge in [-0.2, -0.15) is 0 Å². The van der Waals surface area contributed by atoms with Crippen molar-refractivity contribution in [3.05, 3.63) is 36.1 Å². The van der Waals surface area contributed by atoms with Gasteiger partial charge in [0, 0.05) is 19.0 Å². The van der Waals surface area contributed by atoms with Crippen LogP contribution in [0.4, 0.5) is 0 Å². The van der Waals surface area contributed by atoms with Gasteiger partial charge in [0.1, 0.15) is 5.76 Å². The lowest BCUT2D eigenvalue weighted by molar-refractivity contribution is 0.410. The minimum atomic E-state index is -1.20. The van der Waals surface area contributed by atoms with E-state index in [0.29, 0.717) is 0 Å². The van der Waals surface area contributed by atoms with E-state index in [4.69, 9.17) is 9.15 Å². The standard InChI is InChI=1S/C15H20O2Si/c1-6-13-12(10-18(3,4)5)11-8-7-9-14(16-2)15(11)17-13/h6-9H,1,10H2,2-5H3. The number of ether oxygens (including phenoxy) is 1.